The van der Waals surface area contributed by atoms with E-state index in [9.17, 15) is 9.59 Å². The third-order valence-corrected chi connectivity index (χ3v) is 7.89. The van der Waals surface area contributed by atoms with Crippen LogP contribution in [0.15, 0.2) is 106 Å². The number of nitrogens with zero attached hydrogens (tertiary/aromatic N) is 4. The summed E-state index contributed by atoms with van der Waals surface area (Å²) in [5.41, 5.74) is 4.54. The van der Waals surface area contributed by atoms with Crippen molar-refractivity contribution in [1.29, 1.82) is 0 Å². The maximum Gasteiger partial charge on any atom is 0.330 e. The number of ether oxygens (including phenoxy) is 3. The Labute approximate surface area is 327 Å². The van der Waals surface area contributed by atoms with Crippen LogP contribution in [0.25, 0.3) is 57.8 Å². The van der Waals surface area contributed by atoms with Gasteiger partial charge in [-0.25, -0.2) is 9.59 Å². The van der Waals surface area contributed by atoms with Gasteiger partial charge in [0.25, 0.3) is 11.8 Å². The van der Waals surface area contributed by atoms with Crippen LogP contribution in [0.4, 0.5) is 0 Å². The molecule has 0 saturated heterocycles. The second kappa shape index (κ2) is 18.7. The van der Waals surface area contributed by atoms with E-state index in [2.05, 4.69) is 25.0 Å². The molecule has 0 aliphatic rings. The molecule has 0 atom stereocenters. The minimum atomic E-state index is -0.996. The van der Waals surface area contributed by atoms with Crippen LogP contribution in [0.5, 0.6) is 11.5 Å². The van der Waals surface area contributed by atoms with E-state index in [1.807, 2.05) is 64.1 Å². The summed E-state index contributed by atoms with van der Waals surface area (Å²) >= 11 is 12.5. The Morgan fingerprint density at radius 1 is 0.636 bits per heavy atom. The van der Waals surface area contributed by atoms with Gasteiger partial charge in [0.15, 0.2) is 0 Å². The number of carbonyl (C=O) groups is 2. The molecule has 14 heteroatoms. The first-order chi connectivity index (χ1) is 26.4. The van der Waals surface area contributed by atoms with Crippen LogP contribution in [0.2, 0.25) is 10.0 Å². The fraction of sp³-hybridized carbons (Fsp3) is 0.171. The molecule has 0 spiro atoms. The standard InChI is InChI=1S/C21H19ClN2O4.C20H17ClN2O4/c1-13(2)27-18-10-9-16(12-17(18)22)20-23-21(28-24-20)15-7-4-14(5-8-15)6-11-19(25)26-3;1-12(2)26-17-9-8-15(11-16(17)21)19-22-20(27-23-19)14-6-3-13(4-7-14)5-10-18(24)25/h4-13H,1-3H3;3-12H,1-2H3,(H,24,25)/b11-6-;10-5-. The van der Waals surface area contributed by atoms with Gasteiger partial charge in [-0.05, 0) is 112 Å². The number of rotatable bonds is 12. The van der Waals surface area contributed by atoms with Crippen molar-refractivity contribution in [3.05, 3.63) is 118 Å². The van der Waals surface area contributed by atoms with E-state index < -0.39 is 11.9 Å². The van der Waals surface area contributed by atoms with E-state index >= 15 is 0 Å². The van der Waals surface area contributed by atoms with Gasteiger partial charge in [0.2, 0.25) is 11.6 Å². The summed E-state index contributed by atoms with van der Waals surface area (Å²) in [5.74, 6) is 1.40. The molecule has 6 rings (SSSR count). The van der Waals surface area contributed by atoms with E-state index in [1.165, 1.54) is 19.3 Å². The van der Waals surface area contributed by atoms with Gasteiger partial charge >= 0.3 is 11.9 Å². The zero-order valence-corrected chi connectivity index (χ0v) is 31.9. The quantitative estimate of drug-likeness (QED) is 0.0926. The number of carbonyl (C=O) groups excluding carboxylic acids is 1. The Kier molecular flexibility index (Phi) is 13.6. The molecule has 0 saturated carbocycles. The molecule has 0 fully saturated rings. The molecular formula is C41H36Cl2N4O8. The zero-order valence-electron chi connectivity index (χ0n) is 30.4. The van der Waals surface area contributed by atoms with E-state index in [0.717, 1.165) is 33.9 Å². The lowest BCUT2D eigenvalue weighted by Gasteiger charge is -2.11. The van der Waals surface area contributed by atoms with Crippen molar-refractivity contribution in [2.45, 2.75) is 39.9 Å². The van der Waals surface area contributed by atoms with Gasteiger partial charge in [-0.1, -0.05) is 57.8 Å². The normalized spacial score (nSPS) is 11.2. The summed E-state index contributed by atoms with van der Waals surface area (Å²) in [7, 11) is 1.33. The van der Waals surface area contributed by atoms with Crippen LogP contribution in [0.1, 0.15) is 38.8 Å². The molecule has 282 valence electrons. The van der Waals surface area contributed by atoms with Crippen molar-refractivity contribution in [2.24, 2.45) is 0 Å². The van der Waals surface area contributed by atoms with E-state index in [0.29, 0.717) is 50.5 Å². The Hall–Kier alpha value is -6.24. The third-order valence-electron chi connectivity index (χ3n) is 7.30. The predicted octanol–water partition coefficient (Wildman–Crippen LogP) is 9.97. The maximum absolute atomic E-state index is 11.1. The summed E-state index contributed by atoms with van der Waals surface area (Å²) in [6.45, 7) is 7.73. The van der Waals surface area contributed by atoms with Crippen molar-refractivity contribution in [1.82, 2.24) is 20.3 Å². The van der Waals surface area contributed by atoms with Crippen LogP contribution in [-0.4, -0.2) is 56.6 Å². The highest BCUT2D eigenvalue weighted by Gasteiger charge is 2.15. The Bertz CT molecular complexity index is 2300. The van der Waals surface area contributed by atoms with Gasteiger partial charge in [0.1, 0.15) is 11.5 Å². The van der Waals surface area contributed by atoms with Gasteiger partial charge < -0.3 is 28.4 Å². The number of halogens is 2. The van der Waals surface area contributed by atoms with Crippen molar-refractivity contribution < 1.29 is 38.0 Å². The number of methoxy groups -OCH3 is 1. The molecule has 2 heterocycles. The van der Waals surface area contributed by atoms with Crippen LogP contribution < -0.4 is 9.47 Å². The molecule has 6 aromatic rings. The molecular weight excluding hydrogens is 747 g/mol. The van der Waals surface area contributed by atoms with Crippen molar-refractivity contribution in [2.75, 3.05) is 7.11 Å². The number of aromatic nitrogens is 4. The van der Waals surface area contributed by atoms with Crippen LogP contribution in [-0.2, 0) is 14.3 Å². The van der Waals surface area contributed by atoms with Crippen LogP contribution in [0.3, 0.4) is 0 Å². The zero-order chi connectivity index (χ0) is 39.5. The Morgan fingerprint density at radius 2 is 1.04 bits per heavy atom. The van der Waals surface area contributed by atoms with Crippen molar-refractivity contribution in [3.63, 3.8) is 0 Å². The number of aliphatic carboxylic acids is 1. The smallest absolute Gasteiger partial charge is 0.330 e. The highest BCUT2D eigenvalue weighted by Crippen LogP contribution is 2.32. The number of hydrogen-bond acceptors (Lipinski definition) is 11. The first-order valence-electron chi connectivity index (χ1n) is 16.9. The molecule has 55 heavy (non-hydrogen) atoms. The average Bonchev–Trinajstić information content (AvgIpc) is 3.87. The van der Waals surface area contributed by atoms with Gasteiger partial charge in [-0.15, -0.1) is 0 Å². The minimum absolute atomic E-state index is 0.0263. The molecule has 2 aromatic heterocycles. The lowest BCUT2D eigenvalue weighted by Crippen LogP contribution is -2.05. The molecule has 4 aromatic carbocycles. The highest BCUT2D eigenvalue weighted by atomic mass is 35.5. The lowest BCUT2D eigenvalue weighted by molar-refractivity contribution is -0.135. The number of hydrogen-bond donors (Lipinski definition) is 1. The summed E-state index contributed by atoms with van der Waals surface area (Å²) in [6.07, 6.45) is 5.67. The molecule has 0 radical (unpaired) electrons. The molecule has 12 nitrogen and oxygen atoms in total. The summed E-state index contributed by atoms with van der Waals surface area (Å²) in [6, 6.07) is 25.1. The van der Waals surface area contributed by atoms with Gasteiger partial charge in [-0.2, -0.15) is 9.97 Å². The van der Waals surface area contributed by atoms with Gasteiger partial charge in [-0.3, -0.25) is 0 Å². The first-order valence-corrected chi connectivity index (χ1v) is 17.6. The highest BCUT2D eigenvalue weighted by molar-refractivity contribution is 6.32. The molecule has 0 bridgehead atoms. The summed E-state index contributed by atoms with van der Waals surface area (Å²) in [5, 5.41) is 17.6. The topological polar surface area (TPSA) is 160 Å². The Morgan fingerprint density at radius 3 is 1.40 bits per heavy atom. The van der Waals surface area contributed by atoms with E-state index in [4.69, 9.17) is 46.8 Å². The van der Waals surface area contributed by atoms with Gasteiger partial charge in [0, 0.05) is 34.4 Å². The number of benzene rings is 4. The molecule has 0 amide bonds. The predicted molar refractivity (Wildman–Crippen MR) is 210 cm³/mol. The lowest BCUT2D eigenvalue weighted by atomic mass is 10.1. The second-order valence-electron chi connectivity index (χ2n) is 12.2. The minimum Gasteiger partial charge on any atom is -0.489 e. The average molecular weight is 784 g/mol. The monoisotopic (exact) mass is 782 g/mol. The largest absolute Gasteiger partial charge is 0.489 e. The summed E-state index contributed by atoms with van der Waals surface area (Å²) < 4.78 is 26.5. The summed E-state index contributed by atoms with van der Waals surface area (Å²) in [4.78, 5) is 30.5. The van der Waals surface area contributed by atoms with Gasteiger partial charge in [0.05, 0.1) is 29.4 Å². The molecule has 0 aliphatic carbocycles. The fourth-order valence-electron chi connectivity index (χ4n) is 4.77. The molecule has 0 unspecified atom stereocenters. The van der Waals surface area contributed by atoms with E-state index in [-0.39, 0.29) is 12.2 Å². The van der Waals surface area contributed by atoms with Crippen molar-refractivity contribution in [3.8, 4) is 57.2 Å². The SMILES string of the molecule is CC(C)Oc1ccc(-c2noc(-c3ccc(/C=C\C(=O)O)cc3)n2)cc1Cl.COC(=O)/C=C\c1ccc(-c2nc(-c3ccc(OC(C)C)c(Cl)c3)no2)cc1. The molecule has 0 aliphatic heterocycles. The van der Waals surface area contributed by atoms with Crippen LogP contribution in [0, 0.1) is 0 Å². The number of esters is 1. The Balaban J connectivity index is 0.000000211. The fourth-order valence-corrected chi connectivity index (χ4v) is 5.22. The van der Waals surface area contributed by atoms with Crippen molar-refractivity contribution >= 4 is 47.3 Å². The molecule has 1 N–H and O–H groups in total. The number of carboxylic acid groups (broad SMARTS) is 1. The maximum atomic E-state index is 11.1. The first kappa shape index (κ1) is 40.0. The third kappa shape index (κ3) is 11.4. The number of carboxylic acids is 1. The van der Waals surface area contributed by atoms with Crippen LogP contribution >= 0.6 is 23.2 Å². The second-order valence-corrected chi connectivity index (χ2v) is 13.1. The van der Waals surface area contributed by atoms with E-state index in [1.54, 1.807) is 54.6 Å².